The molecule has 1 aromatic heterocycles. The summed E-state index contributed by atoms with van der Waals surface area (Å²) in [6.45, 7) is 1.83. The molecule has 0 aliphatic carbocycles. The Labute approximate surface area is 161 Å². The molecule has 1 saturated heterocycles. The molecule has 4 nitrogen and oxygen atoms in total. The number of nitrogens with one attached hydrogen (secondary N) is 1. The number of pyridine rings is 1. The number of aromatic amines is 1. The summed E-state index contributed by atoms with van der Waals surface area (Å²) in [7, 11) is 2.17. The summed E-state index contributed by atoms with van der Waals surface area (Å²) in [5.74, 6) is 0.758. The lowest BCUT2D eigenvalue weighted by molar-refractivity contribution is 0.233. The Balaban J connectivity index is 1.62. The molecule has 26 heavy (non-hydrogen) atoms. The van der Waals surface area contributed by atoms with Gasteiger partial charge >= 0.3 is 0 Å². The van der Waals surface area contributed by atoms with Gasteiger partial charge in [-0.1, -0.05) is 23.2 Å². The molecule has 3 aromatic rings. The van der Waals surface area contributed by atoms with Crippen molar-refractivity contribution in [2.45, 2.75) is 25.3 Å². The van der Waals surface area contributed by atoms with Crippen LogP contribution in [0.1, 0.15) is 19.3 Å². The summed E-state index contributed by atoms with van der Waals surface area (Å²) < 4.78 is 5.92. The zero-order valence-corrected chi connectivity index (χ0v) is 16.0. The van der Waals surface area contributed by atoms with Crippen molar-refractivity contribution in [1.29, 1.82) is 0 Å². The minimum absolute atomic E-state index is 0.125. The first-order valence-corrected chi connectivity index (χ1v) is 9.57. The van der Waals surface area contributed by atoms with E-state index in [0.717, 1.165) is 17.7 Å². The maximum Gasteiger partial charge on any atom is 0.198 e. The van der Waals surface area contributed by atoms with E-state index in [1.54, 1.807) is 18.2 Å². The Morgan fingerprint density at radius 3 is 2.85 bits per heavy atom. The smallest absolute Gasteiger partial charge is 0.198 e. The van der Waals surface area contributed by atoms with E-state index in [1.165, 1.54) is 19.4 Å². The fourth-order valence-electron chi connectivity index (χ4n) is 3.73. The normalized spacial score (nSPS) is 18.0. The third-order valence-electron chi connectivity index (χ3n) is 5.22. The topological polar surface area (TPSA) is 45.3 Å². The highest BCUT2D eigenvalue weighted by Crippen LogP contribution is 2.30. The van der Waals surface area contributed by atoms with Crippen LogP contribution in [0.25, 0.3) is 21.8 Å². The summed E-state index contributed by atoms with van der Waals surface area (Å²) >= 11 is 12.3. The number of H-pyrrole nitrogens is 1. The van der Waals surface area contributed by atoms with Crippen LogP contribution in [0.4, 0.5) is 0 Å². The predicted octanol–water partition coefficient (Wildman–Crippen LogP) is 4.85. The Morgan fingerprint density at radius 2 is 2.08 bits per heavy atom. The molecule has 1 aliphatic rings. The van der Waals surface area contributed by atoms with Gasteiger partial charge in [0.15, 0.2) is 5.43 Å². The number of rotatable bonds is 4. The van der Waals surface area contributed by atoms with Crippen LogP contribution in [0.15, 0.2) is 35.1 Å². The van der Waals surface area contributed by atoms with Crippen LogP contribution >= 0.6 is 23.2 Å². The number of hydrogen-bond donors (Lipinski definition) is 1. The van der Waals surface area contributed by atoms with Crippen molar-refractivity contribution >= 4 is 45.0 Å². The van der Waals surface area contributed by atoms with Gasteiger partial charge in [0.2, 0.25) is 0 Å². The average molecular weight is 391 g/mol. The molecule has 0 saturated carbocycles. The van der Waals surface area contributed by atoms with Gasteiger partial charge in [0.1, 0.15) is 5.75 Å². The molecule has 1 atom stereocenters. The summed E-state index contributed by atoms with van der Waals surface area (Å²) in [4.78, 5) is 18.4. The molecule has 0 spiro atoms. The highest BCUT2D eigenvalue weighted by atomic mass is 35.5. The fourth-order valence-corrected chi connectivity index (χ4v) is 4.14. The third-order valence-corrected chi connectivity index (χ3v) is 6.02. The Bertz CT molecular complexity index is 1030. The largest absolute Gasteiger partial charge is 0.493 e. The highest BCUT2D eigenvalue weighted by molar-refractivity contribution is 6.45. The Kier molecular flexibility index (Phi) is 4.82. The van der Waals surface area contributed by atoms with E-state index in [-0.39, 0.29) is 10.5 Å². The molecule has 0 amide bonds. The van der Waals surface area contributed by atoms with E-state index in [0.29, 0.717) is 34.0 Å². The van der Waals surface area contributed by atoms with E-state index in [1.807, 2.05) is 12.1 Å². The van der Waals surface area contributed by atoms with Crippen LogP contribution < -0.4 is 10.2 Å². The molecule has 1 fully saturated rings. The minimum atomic E-state index is -0.125. The second kappa shape index (κ2) is 7.10. The van der Waals surface area contributed by atoms with Crippen LogP contribution in [0.2, 0.25) is 10.0 Å². The van der Waals surface area contributed by atoms with Gasteiger partial charge in [-0.15, -0.1) is 0 Å². The molecule has 2 aromatic carbocycles. The lowest BCUT2D eigenvalue weighted by atomic mass is 10.1. The summed E-state index contributed by atoms with van der Waals surface area (Å²) in [5, 5.41) is 1.66. The molecule has 0 radical (unpaired) electrons. The first-order valence-electron chi connectivity index (χ1n) is 8.81. The van der Waals surface area contributed by atoms with Crippen LogP contribution in [-0.2, 0) is 0 Å². The Hall–Kier alpha value is -1.75. The first-order chi connectivity index (χ1) is 12.5. The van der Waals surface area contributed by atoms with Crippen molar-refractivity contribution in [3.63, 3.8) is 0 Å². The molecular formula is C20H20Cl2N2O2. The molecule has 2 heterocycles. The van der Waals surface area contributed by atoms with Crippen molar-refractivity contribution in [3.05, 3.63) is 50.6 Å². The number of benzene rings is 2. The molecule has 4 rings (SSSR count). The number of likely N-dealkylation sites (tertiary alicyclic amines) is 1. The second-order valence-corrected chi connectivity index (χ2v) is 7.64. The zero-order valence-electron chi connectivity index (χ0n) is 14.5. The lowest BCUT2D eigenvalue weighted by Gasteiger charge is -2.19. The molecule has 1 aliphatic heterocycles. The van der Waals surface area contributed by atoms with Crippen LogP contribution in [0.5, 0.6) is 5.75 Å². The van der Waals surface area contributed by atoms with Gasteiger partial charge in [-0.3, -0.25) is 4.79 Å². The van der Waals surface area contributed by atoms with Gasteiger partial charge in [0, 0.05) is 17.5 Å². The SMILES string of the molecule is CN1CCCC1CCOc1ccc2c(=O)c3c(Cl)c(Cl)ccc3[nH]c2c1. The lowest BCUT2D eigenvalue weighted by Crippen LogP contribution is -2.26. The van der Waals surface area contributed by atoms with Crippen molar-refractivity contribution < 1.29 is 4.74 Å². The average Bonchev–Trinajstić information content (AvgIpc) is 3.03. The second-order valence-electron chi connectivity index (χ2n) is 6.86. The maximum atomic E-state index is 12.8. The number of nitrogens with zero attached hydrogens (tertiary/aromatic N) is 1. The van der Waals surface area contributed by atoms with E-state index in [2.05, 4.69) is 16.9 Å². The van der Waals surface area contributed by atoms with E-state index in [4.69, 9.17) is 27.9 Å². The third kappa shape index (κ3) is 3.18. The fraction of sp³-hybridized carbons (Fsp3) is 0.350. The van der Waals surface area contributed by atoms with Crippen LogP contribution in [0.3, 0.4) is 0 Å². The van der Waals surface area contributed by atoms with Gasteiger partial charge in [-0.05, 0) is 57.1 Å². The number of ether oxygens (including phenoxy) is 1. The monoisotopic (exact) mass is 390 g/mol. The van der Waals surface area contributed by atoms with Crippen molar-refractivity contribution in [2.24, 2.45) is 0 Å². The maximum absolute atomic E-state index is 12.8. The standard InChI is InChI=1S/C20H20Cl2N2O2/c1-24-9-2-3-12(24)8-10-26-13-4-5-14-17(11-13)23-16-7-6-15(21)19(22)18(16)20(14)25/h4-7,11-12H,2-3,8-10H2,1H3,(H,23,25). The van der Waals surface area contributed by atoms with E-state index < -0.39 is 0 Å². The van der Waals surface area contributed by atoms with Crippen molar-refractivity contribution in [3.8, 4) is 5.75 Å². The van der Waals surface area contributed by atoms with E-state index in [9.17, 15) is 4.79 Å². The van der Waals surface area contributed by atoms with Crippen LogP contribution in [0, 0.1) is 0 Å². The van der Waals surface area contributed by atoms with Gasteiger partial charge in [-0.2, -0.15) is 0 Å². The van der Waals surface area contributed by atoms with E-state index >= 15 is 0 Å². The van der Waals surface area contributed by atoms with Crippen molar-refractivity contribution in [1.82, 2.24) is 9.88 Å². The van der Waals surface area contributed by atoms with Crippen molar-refractivity contribution in [2.75, 3.05) is 20.2 Å². The molecule has 6 heteroatoms. The quantitative estimate of drug-likeness (QED) is 0.647. The molecule has 1 N–H and O–H groups in total. The zero-order chi connectivity index (χ0) is 18.3. The Morgan fingerprint density at radius 1 is 1.23 bits per heavy atom. The van der Waals surface area contributed by atoms with Gasteiger partial charge in [0.05, 0.1) is 33.1 Å². The summed E-state index contributed by atoms with van der Waals surface area (Å²) in [6.07, 6.45) is 3.51. The van der Waals surface area contributed by atoms with Gasteiger partial charge < -0.3 is 14.6 Å². The summed E-state index contributed by atoms with van der Waals surface area (Å²) in [5.41, 5.74) is 1.28. The summed E-state index contributed by atoms with van der Waals surface area (Å²) in [6, 6.07) is 9.55. The number of halogens is 2. The number of fused-ring (bicyclic) bond motifs is 2. The molecular weight excluding hydrogens is 371 g/mol. The van der Waals surface area contributed by atoms with Gasteiger partial charge in [0.25, 0.3) is 0 Å². The minimum Gasteiger partial charge on any atom is -0.493 e. The predicted molar refractivity (Wildman–Crippen MR) is 108 cm³/mol. The number of hydrogen-bond acceptors (Lipinski definition) is 3. The van der Waals surface area contributed by atoms with Gasteiger partial charge in [-0.25, -0.2) is 0 Å². The first kappa shape index (κ1) is 17.7. The molecule has 136 valence electrons. The number of aromatic nitrogens is 1. The molecule has 1 unspecified atom stereocenters. The van der Waals surface area contributed by atoms with Crippen LogP contribution in [-0.4, -0.2) is 36.1 Å². The highest BCUT2D eigenvalue weighted by Gasteiger charge is 2.20. The molecule has 0 bridgehead atoms.